The molecule has 0 aliphatic carbocycles. The Morgan fingerprint density at radius 1 is 1.20 bits per heavy atom. The molecule has 4 aromatic rings. The first-order valence-corrected chi connectivity index (χ1v) is 7.45. The lowest BCUT2D eigenvalue weighted by atomic mass is 10.1. The molecular formula is C17H13F2N5O. The van der Waals surface area contributed by atoms with Crippen LogP contribution in [0, 0.1) is 11.6 Å². The highest BCUT2D eigenvalue weighted by Crippen LogP contribution is 2.35. The van der Waals surface area contributed by atoms with Crippen molar-refractivity contribution < 1.29 is 13.5 Å². The molecule has 0 bridgehead atoms. The molecule has 0 unspecified atom stereocenters. The summed E-state index contributed by atoms with van der Waals surface area (Å²) < 4.78 is 34.8. The number of ether oxygens (including phenoxy) is 1. The second-order valence-corrected chi connectivity index (χ2v) is 5.44. The summed E-state index contributed by atoms with van der Waals surface area (Å²) in [5.74, 6) is -1.63. The molecule has 0 aliphatic rings. The van der Waals surface area contributed by atoms with Crippen molar-refractivity contribution in [1.82, 2.24) is 24.7 Å². The number of aromatic amines is 1. The number of pyridine rings is 1. The maximum absolute atomic E-state index is 14.3. The standard InChI is InChI=1S/C17H13F2N5O/c1-24-17-15(14(23-24)9-4-3-7-20-8-9)21-16(22-17)12-11(25-2)6-5-10(18)13(12)19/h3-8H,1-2H3,(H,21,22). The second kappa shape index (κ2) is 5.66. The number of hydrogen-bond donors (Lipinski definition) is 1. The highest BCUT2D eigenvalue weighted by atomic mass is 19.2. The van der Waals surface area contributed by atoms with Gasteiger partial charge in [-0.3, -0.25) is 4.98 Å². The Kier molecular flexibility index (Phi) is 3.45. The second-order valence-electron chi connectivity index (χ2n) is 5.44. The zero-order valence-electron chi connectivity index (χ0n) is 13.4. The van der Waals surface area contributed by atoms with Crippen LogP contribution in [0.2, 0.25) is 0 Å². The van der Waals surface area contributed by atoms with E-state index in [9.17, 15) is 8.78 Å². The van der Waals surface area contributed by atoms with Gasteiger partial charge in [0.2, 0.25) is 0 Å². The lowest BCUT2D eigenvalue weighted by Gasteiger charge is -2.07. The summed E-state index contributed by atoms with van der Waals surface area (Å²) in [4.78, 5) is 11.5. The topological polar surface area (TPSA) is 68.6 Å². The van der Waals surface area contributed by atoms with Crippen LogP contribution in [-0.2, 0) is 7.05 Å². The van der Waals surface area contributed by atoms with Crippen molar-refractivity contribution in [1.29, 1.82) is 0 Å². The molecule has 0 radical (unpaired) electrons. The molecule has 0 saturated carbocycles. The predicted molar refractivity (Wildman–Crippen MR) is 88.0 cm³/mol. The lowest BCUT2D eigenvalue weighted by molar-refractivity contribution is 0.408. The van der Waals surface area contributed by atoms with Gasteiger partial charge in [0, 0.05) is 25.0 Å². The molecule has 0 atom stereocenters. The van der Waals surface area contributed by atoms with E-state index in [-0.39, 0.29) is 17.1 Å². The first kappa shape index (κ1) is 15.3. The van der Waals surface area contributed by atoms with Gasteiger partial charge in [0.25, 0.3) is 0 Å². The molecule has 0 amide bonds. The Labute approximate surface area is 141 Å². The van der Waals surface area contributed by atoms with E-state index < -0.39 is 11.6 Å². The Morgan fingerprint density at radius 3 is 2.76 bits per heavy atom. The number of nitrogens with zero attached hydrogens (tertiary/aromatic N) is 4. The number of hydrogen-bond acceptors (Lipinski definition) is 4. The highest BCUT2D eigenvalue weighted by Gasteiger charge is 2.22. The molecule has 0 fully saturated rings. The number of benzene rings is 1. The number of methoxy groups -OCH3 is 1. The Hall–Kier alpha value is -3.29. The van der Waals surface area contributed by atoms with Crippen LogP contribution in [0.25, 0.3) is 33.8 Å². The van der Waals surface area contributed by atoms with Crippen LogP contribution in [0.15, 0.2) is 36.7 Å². The predicted octanol–water partition coefficient (Wildman–Crippen LogP) is 3.31. The highest BCUT2D eigenvalue weighted by molar-refractivity contribution is 5.90. The maximum atomic E-state index is 14.3. The van der Waals surface area contributed by atoms with Crippen molar-refractivity contribution in [2.24, 2.45) is 7.05 Å². The summed E-state index contributed by atoms with van der Waals surface area (Å²) in [5.41, 5.74) is 2.47. The van der Waals surface area contributed by atoms with Gasteiger partial charge in [-0.2, -0.15) is 5.10 Å². The number of fused-ring (bicyclic) bond motifs is 1. The zero-order valence-corrected chi connectivity index (χ0v) is 13.4. The number of rotatable bonds is 3. The van der Waals surface area contributed by atoms with Crippen LogP contribution in [0.5, 0.6) is 5.75 Å². The largest absolute Gasteiger partial charge is 0.496 e. The molecule has 8 heteroatoms. The van der Waals surface area contributed by atoms with E-state index >= 15 is 0 Å². The van der Waals surface area contributed by atoms with Crippen molar-refractivity contribution in [2.45, 2.75) is 0 Å². The van der Waals surface area contributed by atoms with Crippen LogP contribution >= 0.6 is 0 Å². The van der Waals surface area contributed by atoms with Gasteiger partial charge in [0.1, 0.15) is 22.8 Å². The molecule has 4 rings (SSSR count). The molecule has 126 valence electrons. The van der Waals surface area contributed by atoms with Gasteiger partial charge in [-0.05, 0) is 24.3 Å². The van der Waals surface area contributed by atoms with E-state index in [1.807, 2.05) is 6.07 Å². The fraction of sp³-hybridized carbons (Fsp3) is 0.118. The first-order chi connectivity index (χ1) is 12.1. The van der Waals surface area contributed by atoms with E-state index in [1.54, 1.807) is 30.2 Å². The van der Waals surface area contributed by atoms with E-state index in [1.165, 1.54) is 13.2 Å². The van der Waals surface area contributed by atoms with Gasteiger partial charge < -0.3 is 9.72 Å². The molecule has 0 saturated heterocycles. The quantitative estimate of drug-likeness (QED) is 0.621. The Balaban J connectivity index is 1.97. The summed E-state index contributed by atoms with van der Waals surface area (Å²) in [6.07, 6.45) is 3.33. The van der Waals surface area contributed by atoms with E-state index in [0.717, 1.165) is 11.6 Å². The van der Waals surface area contributed by atoms with Crippen LogP contribution in [0.1, 0.15) is 0 Å². The molecule has 0 spiro atoms. The number of halogens is 2. The Morgan fingerprint density at radius 2 is 2.04 bits per heavy atom. The van der Waals surface area contributed by atoms with Crippen LogP contribution in [-0.4, -0.2) is 31.8 Å². The smallest absolute Gasteiger partial charge is 0.177 e. The average molecular weight is 341 g/mol. The lowest BCUT2D eigenvalue weighted by Crippen LogP contribution is -1.97. The fourth-order valence-corrected chi connectivity index (χ4v) is 2.76. The molecule has 3 aromatic heterocycles. The maximum Gasteiger partial charge on any atom is 0.177 e. The van der Waals surface area contributed by atoms with Crippen molar-refractivity contribution in [3.63, 3.8) is 0 Å². The molecular weight excluding hydrogens is 328 g/mol. The summed E-state index contributed by atoms with van der Waals surface area (Å²) in [7, 11) is 3.12. The van der Waals surface area contributed by atoms with Crippen molar-refractivity contribution in [3.05, 3.63) is 48.3 Å². The first-order valence-electron chi connectivity index (χ1n) is 7.45. The summed E-state index contributed by atoms with van der Waals surface area (Å²) in [5, 5.41) is 4.42. The minimum atomic E-state index is -1.02. The number of imidazole rings is 1. The summed E-state index contributed by atoms with van der Waals surface area (Å²) >= 11 is 0. The minimum Gasteiger partial charge on any atom is -0.496 e. The molecule has 6 nitrogen and oxygen atoms in total. The number of aromatic nitrogens is 5. The van der Waals surface area contributed by atoms with Crippen LogP contribution in [0.3, 0.4) is 0 Å². The number of H-pyrrole nitrogens is 1. The third kappa shape index (κ3) is 2.34. The van der Waals surface area contributed by atoms with Gasteiger partial charge in [0.05, 0.1) is 12.7 Å². The van der Waals surface area contributed by atoms with Gasteiger partial charge >= 0.3 is 0 Å². The molecule has 1 N–H and O–H groups in total. The fourth-order valence-electron chi connectivity index (χ4n) is 2.76. The normalized spacial score (nSPS) is 11.2. The van der Waals surface area contributed by atoms with Crippen molar-refractivity contribution >= 4 is 11.2 Å². The van der Waals surface area contributed by atoms with Gasteiger partial charge in [-0.15, -0.1) is 0 Å². The van der Waals surface area contributed by atoms with Crippen LogP contribution in [0.4, 0.5) is 8.78 Å². The van der Waals surface area contributed by atoms with E-state index in [2.05, 4.69) is 20.1 Å². The van der Waals surface area contributed by atoms with Gasteiger partial charge in [0.15, 0.2) is 17.3 Å². The summed E-state index contributed by atoms with van der Waals surface area (Å²) in [6, 6.07) is 6.03. The SMILES string of the molecule is COc1ccc(F)c(F)c1-c1nc2c([nH]1)c(-c1cccnc1)nn2C. The average Bonchev–Trinajstić information content (AvgIpc) is 3.18. The summed E-state index contributed by atoms with van der Waals surface area (Å²) in [6.45, 7) is 0. The van der Waals surface area contributed by atoms with Gasteiger partial charge in [-0.1, -0.05) is 0 Å². The van der Waals surface area contributed by atoms with Crippen LogP contribution < -0.4 is 4.74 Å². The van der Waals surface area contributed by atoms with Crippen molar-refractivity contribution in [3.8, 4) is 28.4 Å². The van der Waals surface area contributed by atoms with Gasteiger partial charge in [-0.25, -0.2) is 18.4 Å². The third-order valence-electron chi connectivity index (χ3n) is 3.93. The number of aryl methyl sites for hydroxylation is 1. The molecule has 0 aliphatic heterocycles. The molecule has 25 heavy (non-hydrogen) atoms. The van der Waals surface area contributed by atoms with E-state index in [4.69, 9.17) is 4.74 Å². The third-order valence-corrected chi connectivity index (χ3v) is 3.93. The van der Waals surface area contributed by atoms with E-state index in [0.29, 0.717) is 16.9 Å². The zero-order chi connectivity index (χ0) is 17.6. The van der Waals surface area contributed by atoms with Crippen molar-refractivity contribution in [2.75, 3.05) is 7.11 Å². The molecule has 3 heterocycles. The minimum absolute atomic E-state index is 0.0594. The Bertz CT molecular complexity index is 1070. The number of nitrogens with one attached hydrogen (secondary N) is 1. The monoisotopic (exact) mass is 341 g/mol. The molecule has 1 aromatic carbocycles.